The Hall–Kier alpha value is -1.30. The Labute approximate surface area is 101 Å². The third-order valence-corrected chi connectivity index (χ3v) is 1.97. The summed E-state index contributed by atoms with van der Waals surface area (Å²) in [5, 5.41) is 20.5. The Morgan fingerprint density at radius 1 is 1.35 bits per heavy atom. The highest BCUT2D eigenvalue weighted by Gasteiger charge is 2.25. The van der Waals surface area contributed by atoms with E-state index < -0.39 is 29.8 Å². The number of carbonyl (C=O) groups excluding carboxylic acids is 1. The van der Waals surface area contributed by atoms with Gasteiger partial charge in [-0.25, -0.2) is 9.59 Å². The summed E-state index contributed by atoms with van der Waals surface area (Å²) in [6.07, 6.45) is -1.16. The Balaban J connectivity index is 4.35. The number of alkyl carbamates (subject to hydrolysis) is 1. The van der Waals surface area contributed by atoms with Crippen molar-refractivity contribution in [1.82, 2.24) is 5.32 Å². The summed E-state index contributed by atoms with van der Waals surface area (Å²) < 4.78 is 4.94. The number of carboxylic acids is 1. The first-order valence-electron chi connectivity index (χ1n) is 5.56. The fourth-order valence-corrected chi connectivity index (χ4v) is 1.11. The van der Waals surface area contributed by atoms with Gasteiger partial charge in [0.15, 0.2) is 0 Å². The summed E-state index contributed by atoms with van der Waals surface area (Å²) in [6, 6.07) is -1.14. The van der Waals surface area contributed by atoms with Crippen LogP contribution in [-0.4, -0.2) is 40.0 Å². The van der Waals surface area contributed by atoms with Gasteiger partial charge in [0.25, 0.3) is 0 Å². The average Bonchev–Trinajstić information content (AvgIpc) is 2.13. The maximum atomic E-state index is 11.4. The lowest BCUT2D eigenvalue weighted by Crippen LogP contribution is -2.45. The molecule has 0 bridgehead atoms. The number of hydrogen-bond acceptors (Lipinski definition) is 4. The molecule has 0 aromatic heterocycles. The van der Waals surface area contributed by atoms with Gasteiger partial charge < -0.3 is 20.3 Å². The number of nitrogens with one attached hydrogen (secondary N) is 1. The van der Waals surface area contributed by atoms with Gasteiger partial charge in [0.05, 0.1) is 6.10 Å². The fourth-order valence-electron chi connectivity index (χ4n) is 1.11. The smallest absolute Gasteiger partial charge is 0.408 e. The molecule has 6 heteroatoms. The van der Waals surface area contributed by atoms with Gasteiger partial charge in [0.2, 0.25) is 0 Å². The molecule has 0 fully saturated rings. The van der Waals surface area contributed by atoms with Crippen LogP contribution in [0.4, 0.5) is 4.79 Å². The molecule has 0 rings (SSSR count). The van der Waals surface area contributed by atoms with Crippen LogP contribution in [0.25, 0.3) is 0 Å². The van der Waals surface area contributed by atoms with Crippen LogP contribution in [0, 0.1) is 0 Å². The van der Waals surface area contributed by atoms with Crippen molar-refractivity contribution in [1.29, 1.82) is 0 Å². The quantitative estimate of drug-likeness (QED) is 0.676. The van der Waals surface area contributed by atoms with E-state index >= 15 is 0 Å². The van der Waals surface area contributed by atoms with Crippen molar-refractivity contribution in [2.45, 2.75) is 58.3 Å². The van der Waals surface area contributed by atoms with Crippen LogP contribution in [0.5, 0.6) is 0 Å². The number of amides is 1. The number of aliphatic carboxylic acids is 1. The standard InChI is InChI=1S/C11H21NO5/c1-5-7(13)6-8(9(14)15)12-10(16)17-11(2,3)4/h7-8,13H,5-6H2,1-4H3,(H,12,16)(H,14,15)/t7-,8-/m0/s1. The van der Waals surface area contributed by atoms with Crippen molar-refractivity contribution < 1.29 is 24.5 Å². The molecule has 6 nitrogen and oxygen atoms in total. The molecular formula is C11H21NO5. The van der Waals surface area contributed by atoms with Crippen molar-refractivity contribution in [3.05, 3.63) is 0 Å². The second-order valence-electron chi connectivity index (χ2n) is 4.83. The van der Waals surface area contributed by atoms with Crippen LogP contribution in [0.3, 0.4) is 0 Å². The minimum Gasteiger partial charge on any atom is -0.480 e. The highest BCUT2D eigenvalue weighted by atomic mass is 16.6. The minimum atomic E-state index is -1.19. The zero-order valence-corrected chi connectivity index (χ0v) is 10.7. The van der Waals surface area contributed by atoms with Crippen molar-refractivity contribution >= 4 is 12.1 Å². The third kappa shape index (κ3) is 7.57. The topological polar surface area (TPSA) is 95.9 Å². The number of rotatable bonds is 5. The minimum absolute atomic E-state index is 0.0366. The second kappa shape index (κ2) is 6.44. The molecule has 1 amide bonds. The molecule has 0 radical (unpaired) electrons. The van der Waals surface area contributed by atoms with Gasteiger partial charge in [-0.15, -0.1) is 0 Å². The third-order valence-electron chi connectivity index (χ3n) is 1.97. The highest BCUT2D eigenvalue weighted by molar-refractivity contribution is 5.80. The summed E-state index contributed by atoms with van der Waals surface area (Å²) in [6.45, 7) is 6.78. The molecule has 0 heterocycles. The van der Waals surface area contributed by atoms with Gasteiger partial charge >= 0.3 is 12.1 Å². The number of aliphatic hydroxyl groups excluding tert-OH is 1. The van der Waals surface area contributed by atoms with E-state index in [2.05, 4.69) is 5.32 Å². The van der Waals surface area contributed by atoms with Gasteiger partial charge in [-0.2, -0.15) is 0 Å². The van der Waals surface area contributed by atoms with E-state index in [1.165, 1.54) is 0 Å². The Kier molecular flexibility index (Phi) is 5.95. The van der Waals surface area contributed by atoms with Crippen molar-refractivity contribution in [3.8, 4) is 0 Å². The Morgan fingerprint density at radius 3 is 2.24 bits per heavy atom. The van der Waals surface area contributed by atoms with Gasteiger partial charge in [0.1, 0.15) is 11.6 Å². The number of carboxylic acid groups (broad SMARTS) is 1. The Bertz CT molecular complexity index is 272. The fraction of sp³-hybridized carbons (Fsp3) is 0.818. The molecule has 0 aliphatic carbocycles. The molecule has 0 aliphatic heterocycles. The molecule has 17 heavy (non-hydrogen) atoms. The predicted octanol–water partition coefficient (Wildman–Crippen LogP) is 1.13. The van der Waals surface area contributed by atoms with E-state index in [0.717, 1.165) is 0 Å². The molecule has 3 N–H and O–H groups in total. The molecular weight excluding hydrogens is 226 g/mol. The zero-order valence-electron chi connectivity index (χ0n) is 10.7. The van der Waals surface area contributed by atoms with Crippen LogP contribution < -0.4 is 5.32 Å². The normalized spacial score (nSPS) is 14.9. The number of hydrogen-bond donors (Lipinski definition) is 3. The summed E-state index contributed by atoms with van der Waals surface area (Å²) in [4.78, 5) is 22.2. The molecule has 100 valence electrons. The molecule has 0 aliphatic rings. The first kappa shape index (κ1) is 15.7. The van der Waals surface area contributed by atoms with Gasteiger partial charge in [0, 0.05) is 6.42 Å². The maximum Gasteiger partial charge on any atom is 0.408 e. The molecule has 0 unspecified atom stereocenters. The summed E-state index contributed by atoms with van der Waals surface area (Å²) in [5.41, 5.74) is -0.684. The molecule has 0 aromatic carbocycles. The largest absolute Gasteiger partial charge is 0.480 e. The summed E-state index contributed by atoms with van der Waals surface area (Å²) in [5.74, 6) is -1.19. The van der Waals surface area contributed by atoms with E-state index in [4.69, 9.17) is 9.84 Å². The molecule has 0 spiro atoms. The van der Waals surface area contributed by atoms with Crippen LogP contribution in [-0.2, 0) is 9.53 Å². The predicted molar refractivity (Wildman–Crippen MR) is 61.7 cm³/mol. The maximum absolute atomic E-state index is 11.4. The van der Waals surface area contributed by atoms with Crippen molar-refractivity contribution in [2.75, 3.05) is 0 Å². The average molecular weight is 247 g/mol. The first-order valence-corrected chi connectivity index (χ1v) is 5.56. The van der Waals surface area contributed by atoms with Crippen LogP contribution in [0.1, 0.15) is 40.5 Å². The highest BCUT2D eigenvalue weighted by Crippen LogP contribution is 2.08. The lowest BCUT2D eigenvalue weighted by molar-refractivity contribution is -0.140. The zero-order chi connectivity index (χ0) is 13.6. The van der Waals surface area contributed by atoms with Gasteiger partial charge in [-0.3, -0.25) is 0 Å². The lowest BCUT2D eigenvalue weighted by atomic mass is 10.1. The molecule has 2 atom stereocenters. The molecule has 0 aromatic rings. The molecule has 0 saturated carbocycles. The van der Waals surface area contributed by atoms with Crippen molar-refractivity contribution in [3.63, 3.8) is 0 Å². The number of ether oxygens (including phenoxy) is 1. The number of carbonyl (C=O) groups is 2. The first-order chi connectivity index (χ1) is 7.65. The van der Waals surface area contributed by atoms with E-state index in [1.54, 1.807) is 27.7 Å². The Morgan fingerprint density at radius 2 is 1.88 bits per heavy atom. The van der Waals surface area contributed by atoms with E-state index in [0.29, 0.717) is 6.42 Å². The lowest BCUT2D eigenvalue weighted by Gasteiger charge is -2.22. The van der Waals surface area contributed by atoms with Crippen LogP contribution in [0.2, 0.25) is 0 Å². The van der Waals surface area contributed by atoms with E-state index in [9.17, 15) is 14.7 Å². The SMILES string of the molecule is CC[C@H](O)C[C@H](NC(=O)OC(C)(C)C)C(=O)O. The van der Waals surface area contributed by atoms with Gasteiger partial charge in [-0.05, 0) is 27.2 Å². The summed E-state index contributed by atoms with van der Waals surface area (Å²) in [7, 11) is 0. The summed E-state index contributed by atoms with van der Waals surface area (Å²) >= 11 is 0. The van der Waals surface area contributed by atoms with E-state index in [-0.39, 0.29) is 6.42 Å². The van der Waals surface area contributed by atoms with Crippen LogP contribution in [0.15, 0.2) is 0 Å². The van der Waals surface area contributed by atoms with Crippen molar-refractivity contribution in [2.24, 2.45) is 0 Å². The second-order valence-corrected chi connectivity index (χ2v) is 4.83. The monoisotopic (exact) mass is 247 g/mol. The molecule has 0 saturated heterocycles. The van der Waals surface area contributed by atoms with E-state index in [1.807, 2.05) is 0 Å². The van der Waals surface area contributed by atoms with Crippen LogP contribution >= 0.6 is 0 Å². The number of aliphatic hydroxyl groups is 1. The van der Waals surface area contributed by atoms with Gasteiger partial charge in [-0.1, -0.05) is 6.92 Å².